The summed E-state index contributed by atoms with van der Waals surface area (Å²) >= 11 is 3.30. The molecule has 0 spiro atoms. The Morgan fingerprint density at radius 2 is 2.11 bits per heavy atom. The fourth-order valence-electron chi connectivity index (χ4n) is 2.35. The minimum atomic E-state index is 0.0233. The normalized spacial score (nSPS) is 13.3. The SMILES string of the molecule is O=C(NCCCOCCBr)c1ccc2c(c1)CCC2. The van der Waals surface area contributed by atoms with E-state index < -0.39 is 0 Å². The minimum Gasteiger partial charge on any atom is -0.381 e. The van der Waals surface area contributed by atoms with Crippen molar-refractivity contribution in [1.29, 1.82) is 0 Å². The Hall–Kier alpha value is -0.870. The highest BCUT2D eigenvalue weighted by Crippen LogP contribution is 2.22. The van der Waals surface area contributed by atoms with Crippen molar-refractivity contribution in [2.75, 3.05) is 25.1 Å². The van der Waals surface area contributed by atoms with E-state index in [-0.39, 0.29) is 5.91 Å². The Kier molecular flexibility index (Phi) is 5.86. The maximum absolute atomic E-state index is 12.0. The zero-order valence-corrected chi connectivity index (χ0v) is 12.7. The maximum atomic E-state index is 12.0. The summed E-state index contributed by atoms with van der Waals surface area (Å²) in [6, 6.07) is 6.07. The summed E-state index contributed by atoms with van der Waals surface area (Å²) in [6.07, 6.45) is 4.33. The van der Waals surface area contributed by atoms with Crippen LogP contribution in [0.25, 0.3) is 0 Å². The van der Waals surface area contributed by atoms with Gasteiger partial charge >= 0.3 is 0 Å². The maximum Gasteiger partial charge on any atom is 0.251 e. The molecule has 0 saturated heterocycles. The van der Waals surface area contributed by atoms with Crippen molar-refractivity contribution in [1.82, 2.24) is 5.32 Å². The van der Waals surface area contributed by atoms with Gasteiger partial charge in [0.1, 0.15) is 0 Å². The third-order valence-corrected chi connectivity index (χ3v) is 3.66. The zero-order valence-electron chi connectivity index (χ0n) is 11.1. The van der Waals surface area contributed by atoms with Gasteiger partial charge in [-0.1, -0.05) is 22.0 Å². The zero-order chi connectivity index (χ0) is 13.5. The van der Waals surface area contributed by atoms with Crippen LogP contribution in [0.1, 0.15) is 34.3 Å². The molecular formula is C15H20BrNO2. The molecule has 19 heavy (non-hydrogen) atoms. The van der Waals surface area contributed by atoms with Gasteiger partial charge in [0.2, 0.25) is 0 Å². The van der Waals surface area contributed by atoms with Crippen LogP contribution in [0.4, 0.5) is 0 Å². The molecule has 4 heteroatoms. The number of nitrogens with one attached hydrogen (secondary N) is 1. The molecule has 0 aromatic heterocycles. The lowest BCUT2D eigenvalue weighted by molar-refractivity contribution is 0.0944. The van der Waals surface area contributed by atoms with Crippen LogP contribution in [0.3, 0.4) is 0 Å². The van der Waals surface area contributed by atoms with E-state index in [4.69, 9.17) is 4.74 Å². The first-order valence-electron chi connectivity index (χ1n) is 6.85. The van der Waals surface area contributed by atoms with Crippen LogP contribution < -0.4 is 5.32 Å². The number of carbonyl (C=O) groups is 1. The Morgan fingerprint density at radius 3 is 2.95 bits per heavy atom. The summed E-state index contributed by atoms with van der Waals surface area (Å²) in [5.74, 6) is 0.0233. The second-order valence-corrected chi connectivity index (χ2v) is 5.54. The largest absolute Gasteiger partial charge is 0.381 e. The molecule has 0 saturated carbocycles. The number of ether oxygens (including phenoxy) is 1. The molecule has 1 aromatic carbocycles. The van der Waals surface area contributed by atoms with E-state index in [1.807, 2.05) is 12.1 Å². The smallest absolute Gasteiger partial charge is 0.251 e. The summed E-state index contributed by atoms with van der Waals surface area (Å²) in [5.41, 5.74) is 3.52. The van der Waals surface area contributed by atoms with E-state index in [9.17, 15) is 4.79 Å². The molecular weight excluding hydrogens is 306 g/mol. The van der Waals surface area contributed by atoms with Gasteiger partial charge in [0.05, 0.1) is 6.61 Å². The number of amides is 1. The molecule has 0 atom stereocenters. The van der Waals surface area contributed by atoms with Crippen molar-refractivity contribution >= 4 is 21.8 Å². The highest BCUT2D eigenvalue weighted by Gasteiger charge is 2.13. The van der Waals surface area contributed by atoms with Gasteiger partial charge in [0.15, 0.2) is 0 Å². The van der Waals surface area contributed by atoms with Crippen LogP contribution >= 0.6 is 15.9 Å². The molecule has 1 aromatic rings. The van der Waals surface area contributed by atoms with Crippen LogP contribution in [-0.4, -0.2) is 31.0 Å². The third kappa shape index (κ3) is 4.32. The summed E-state index contributed by atoms with van der Waals surface area (Å²) in [4.78, 5) is 12.0. The van der Waals surface area contributed by atoms with Crippen molar-refractivity contribution in [3.63, 3.8) is 0 Å². The highest BCUT2D eigenvalue weighted by atomic mass is 79.9. The fraction of sp³-hybridized carbons (Fsp3) is 0.533. The van der Waals surface area contributed by atoms with E-state index >= 15 is 0 Å². The average Bonchev–Trinajstić information content (AvgIpc) is 2.89. The first kappa shape index (κ1) is 14.5. The molecule has 0 bridgehead atoms. The number of alkyl halides is 1. The van der Waals surface area contributed by atoms with Crippen LogP contribution in [0.2, 0.25) is 0 Å². The number of hydrogen-bond acceptors (Lipinski definition) is 2. The number of fused-ring (bicyclic) bond motifs is 1. The van der Waals surface area contributed by atoms with E-state index in [1.165, 1.54) is 17.5 Å². The number of hydrogen-bond donors (Lipinski definition) is 1. The van der Waals surface area contributed by atoms with Gasteiger partial charge in [-0.15, -0.1) is 0 Å². The monoisotopic (exact) mass is 325 g/mol. The summed E-state index contributed by atoms with van der Waals surface area (Å²) in [6.45, 7) is 2.08. The standard InChI is InChI=1S/C15H20BrNO2/c16-7-10-19-9-2-8-17-15(18)14-6-5-12-3-1-4-13(12)11-14/h5-6,11H,1-4,7-10H2,(H,17,18). The second kappa shape index (κ2) is 7.65. The predicted molar refractivity (Wildman–Crippen MR) is 80.0 cm³/mol. The highest BCUT2D eigenvalue weighted by molar-refractivity contribution is 9.09. The molecule has 0 aliphatic heterocycles. The van der Waals surface area contributed by atoms with E-state index in [0.717, 1.165) is 36.8 Å². The molecule has 0 unspecified atom stereocenters. The third-order valence-electron chi connectivity index (χ3n) is 3.33. The number of carbonyl (C=O) groups excluding carboxylic acids is 1. The molecule has 2 rings (SSSR count). The first-order valence-corrected chi connectivity index (χ1v) is 7.97. The van der Waals surface area contributed by atoms with Gasteiger partial charge in [0, 0.05) is 24.0 Å². The Labute approximate surface area is 122 Å². The lowest BCUT2D eigenvalue weighted by Gasteiger charge is -2.07. The molecule has 1 aliphatic rings. The summed E-state index contributed by atoms with van der Waals surface area (Å²) < 4.78 is 5.33. The molecule has 1 amide bonds. The van der Waals surface area contributed by atoms with Gasteiger partial charge in [-0.3, -0.25) is 4.79 Å². The predicted octanol–water partition coefficient (Wildman–Crippen LogP) is 2.71. The topological polar surface area (TPSA) is 38.3 Å². The van der Waals surface area contributed by atoms with Crippen molar-refractivity contribution < 1.29 is 9.53 Å². The lowest BCUT2D eigenvalue weighted by atomic mass is 10.1. The van der Waals surface area contributed by atoms with Crippen LogP contribution in [0, 0.1) is 0 Å². The quantitative estimate of drug-likeness (QED) is 0.618. The Morgan fingerprint density at radius 1 is 1.26 bits per heavy atom. The number of rotatable bonds is 7. The molecule has 1 N–H and O–H groups in total. The molecule has 0 radical (unpaired) electrons. The number of aryl methyl sites for hydroxylation is 2. The minimum absolute atomic E-state index is 0.0233. The van der Waals surface area contributed by atoms with E-state index in [2.05, 4.69) is 27.3 Å². The van der Waals surface area contributed by atoms with Crippen molar-refractivity contribution in [2.24, 2.45) is 0 Å². The van der Waals surface area contributed by atoms with Crippen molar-refractivity contribution in [3.05, 3.63) is 34.9 Å². The first-order chi connectivity index (χ1) is 9.31. The molecule has 1 aliphatic carbocycles. The van der Waals surface area contributed by atoms with Gasteiger partial charge in [-0.05, 0) is 48.9 Å². The summed E-state index contributed by atoms with van der Waals surface area (Å²) in [7, 11) is 0. The van der Waals surface area contributed by atoms with Gasteiger partial charge in [-0.25, -0.2) is 0 Å². The van der Waals surface area contributed by atoms with Crippen molar-refractivity contribution in [2.45, 2.75) is 25.7 Å². The second-order valence-electron chi connectivity index (χ2n) is 4.75. The van der Waals surface area contributed by atoms with Crippen LogP contribution in [0.5, 0.6) is 0 Å². The van der Waals surface area contributed by atoms with Gasteiger partial charge in [-0.2, -0.15) is 0 Å². The van der Waals surface area contributed by atoms with Gasteiger partial charge in [0.25, 0.3) is 5.91 Å². The number of halogens is 1. The van der Waals surface area contributed by atoms with Crippen LogP contribution in [-0.2, 0) is 17.6 Å². The average molecular weight is 326 g/mol. The lowest BCUT2D eigenvalue weighted by Crippen LogP contribution is -2.25. The molecule has 3 nitrogen and oxygen atoms in total. The fourth-order valence-corrected chi connectivity index (χ4v) is 2.58. The molecule has 0 fully saturated rings. The summed E-state index contributed by atoms with van der Waals surface area (Å²) in [5, 5.41) is 3.79. The molecule has 0 heterocycles. The van der Waals surface area contributed by atoms with Crippen molar-refractivity contribution in [3.8, 4) is 0 Å². The van der Waals surface area contributed by atoms with Crippen LogP contribution in [0.15, 0.2) is 18.2 Å². The van der Waals surface area contributed by atoms with Gasteiger partial charge < -0.3 is 10.1 Å². The molecule has 104 valence electrons. The number of benzene rings is 1. The Bertz CT molecular complexity index is 434. The Balaban J connectivity index is 1.74. The van der Waals surface area contributed by atoms with E-state index in [0.29, 0.717) is 13.2 Å². The van der Waals surface area contributed by atoms with E-state index in [1.54, 1.807) is 0 Å².